The molecule has 3 aromatic carbocycles. The molecule has 0 aliphatic carbocycles. The van der Waals surface area contributed by atoms with E-state index in [1.807, 2.05) is 0 Å². The van der Waals surface area contributed by atoms with E-state index in [0.29, 0.717) is 0 Å². The zero-order valence-electron chi connectivity index (χ0n) is 11.7. The molecule has 0 nitrogen and oxygen atoms in total. The molecule has 0 N–H and O–H groups in total. The third-order valence-electron chi connectivity index (χ3n) is 3.25. The number of halogens is 2. The molecule has 0 unspecified atom stereocenters. The first-order valence-electron chi connectivity index (χ1n) is 6.78. The van der Waals surface area contributed by atoms with Crippen molar-refractivity contribution in [1.29, 1.82) is 0 Å². The molecule has 0 heterocycles. The van der Waals surface area contributed by atoms with Gasteiger partial charge in [0.1, 0.15) is 0 Å². The molecule has 0 fully saturated rings. The Labute approximate surface area is 150 Å². The van der Waals surface area contributed by atoms with Gasteiger partial charge >= 0.3 is 151 Å². The van der Waals surface area contributed by atoms with Crippen LogP contribution >= 0.6 is 22.6 Å². The van der Waals surface area contributed by atoms with E-state index in [2.05, 4.69) is 102 Å². The summed E-state index contributed by atoms with van der Waals surface area (Å²) < 4.78 is 4.21. The number of aryl methyl sites for hydroxylation is 1. The van der Waals surface area contributed by atoms with E-state index in [1.165, 1.54) is 27.4 Å². The average Bonchev–Trinajstić information content (AvgIpc) is 2.51. The van der Waals surface area contributed by atoms with E-state index in [0.717, 1.165) is 0 Å². The number of hydrogen-bond acceptors (Lipinski definition) is 0. The maximum atomic E-state index is 2.34. The molecular formula is C19H15I2-. The van der Waals surface area contributed by atoms with E-state index < -0.39 is 0 Å². The second-order valence-corrected chi connectivity index (χ2v) is 9.18. The van der Waals surface area contributed by atoms with Gasteiger partial charge in [-0.15, -0.1) is 0 Å². The van der Waals surface area contributed by atoms with Gasteiger partial charge < -0.3 is 0 Å². The molecular weight excluding hydrogens is 482 g/mol. The summed E-state index contributed by atoms with van der Waals surface area (Å²) in [6.07, 6.45) is 0. The third kappa shape index (κ3) is 4.07. The SMILES string of the molecule is Cc1ccc([I-]c2ccc(-c3ccc(I)cc3)cc2)cc1. The summed E-state index contributed by atoms with van der Waals surface area (Å²) >= 11 is 2.27. The fourth-order valence-corrected chi connectivity index (χ4v) is 4.59. The fraction of sp³-hybridized carbons (Fsp3) is 0.0526. The van der Waals surface area contributed by atoms with Crippen LogP contribution in [0.15, 0.2) is 72.8 Å². The van der Waals surface area contributed by atoms with E-state index in [1.54, 1.807) is 0 Å². The van der Waals surface area contributed by atoms with Gasteiger partial charge in [0, 0.05) is 0 Å². The summed E-state index contributed by atoms with van der Waals surface area (Å²) in [4.78, 5) is 0. The number of hydrogen-bond donors (Lipinski definition) is 0. The molecule has 0 amide bonds. The molecule has 0 aromatic heterocycles. The van der Waals surface area contributed by atoms with Crippen LogP contribution in [0, 0.1) is 17.6 Å². The molecule has 106 valence electrons. The summed E-state index contributed by atoms with van der Waals surface area (Å²) in [6.45, 7) is 2.14. The van der Waals surface area contributed by atoms with Gasteiger partial charge in [0.15, 0.2) is 0 Å². The van der Waals surface area contributed by atoms with Gasteiger partial charge in [-0.05, 0) is 0 Å². The summed E-state index contributed by atoms with van der Waals surface area (Å²) in [5.74, 6) is 0. The molecule has 0 atom stereocenters. The van der Waals surface area contributed by atoms with Crippen molar-refractivity contribution >= 4 is 22.6 Å². The zero-order valence-corrected chi connectivity index (χ0v) is 16.0. The summed E-state index contributed by atoms with van der Waals surface area (Å²) in [5.41, 5.74) is 3.91. The predicted octanol–water partition coefficient (Wildman–Crippen LogP) is 2.40. The first-order chi connectivity index (χ1) is 10.2. The normalized spacial score (nSPS) is 10.8. The quantitative estimate of drug-likeness (QED) is 0.488. The molecule has 0 aliphatic heterocycles. The van der Waals surface area contributed by atoms with Gasteiger partial charge in [-0.1, -0.05) is 0 Å². The number of rotatable bonds is 3. The van der Waals surface area contributed by atoms with Gasteiger partial charge in [-0.3, -0.25) is 0 Å². The first kappa shape index (κ1) is 15.0. The standard InChI is InChI=1S/C19H15I2/c1-14-2-10-18(11-3-14)21-19-12-6-16(7-13-19)15-4-8-17(20)9-5-15/h2-13H,1H3/q-1. The molecule has 2 heteroatoms. The second kappa shape index (κ2) is 6.92. The van der Waals surface area contributed by atoms with Crippen LogP contribution in [-0.4, -0.2) is 0 Å². The van der Waals surface area contributed by atoms with Crippen LogP contribution in [0.3, 0.4) is 0 Å². The Morgan fingerprint density at radius 3 is 1.57 bits per heavy atom. The Bertz CT molecular complexity index is 711. The second-order valence-electron chi connectivity index (χ2n) is 4.90. The fourth-order valence-electron chi connectivity index (χ4n) is 2.07. The minimum atomic E-state index is -0.0734. The first-order valence-corrected chi connectivity index (χ1v) is 10.0. The van der Waals surface area contributed by atoms with Gasteiger partial charge in [0.05, 0.1) is 0 Å². The van der Waals surface area contributed by atoms with Crippen LogP contribution in [0.4, 0.5) is 0 Å². The minimum absolute atomic E-state index is 0.0734. The Morgan fingerprint density at radius 1 is 0.619 bits per heavy atom. The van der Waals surface area contributed by atoms with Crippen molar-refractivity contribution in [3.63, 3.8) is 0 Å². The summed E-state index contributed by atoms with van der Waals surface area (Å²) in [5, 5.41) is 0. The third-order valence-corrected chi connectivity index (χ3v) is 6.65. The van der Waals surface area contributed by atoms with E-state index >= 15 is 0 Å². The Hall–Kier alpha value is -0.880. The summed E-state index contributed by atoms with van der Waals surface area (Å²) in [6, 6.07) is 26.6. The molecule has 0 aliphatic rings. The maximum absolute atomic E-state index is 2.34. The van der Waals surface area contributed by atoms with E-state index in [4.69, 9.17) is 0 Å². The Morgan fingerprint density at radius 2 is 1.05 bits per heavy atom. The van der Waals surface area contributed by atoms with Crippen molar-refractivity contribution < 1.29 is 21.2 Å². The zero-order chi connectivity index (χ0) is 14.7. The van der Waals surface area contributed by atoms with E-state index in [-0.39, 0.29) is 21.2 Å². The summed E-state index contributed by atoms with van der Waals surface area (Å²) in [7, 11) is 0. The van der Waals surface area contributed by atoms with Gasteiger partial charge in [0.2, 0.25) is 0 Å². The van der Waals surface area contributed by atoms with Crippen molar-refractivity contribution in [2.75, 3.05) is 0 Å². The molecule has 3 rings (SSSR count). The van der Waals surface area contributed by atoms with Crippen molar-refractivity contribution in [2.45, 2.75) is 6.92 Å². The Balaban J connectivity index is 1.77. The van der Waals surface area contributed by atoms with Crippen LogP contribution in [-0.2, 0) is 0 Å². The van der Waals surface area contributed by atoms with Crippen LogP contribution in [0.2, 0.25) is 0 Å². The van der Waals surface area contributed by atoms with Gasteiger partial charge in [-0.2, -0.15) is 0 Å². The van der Waals surface area contributed by atoms with Gasteiger partial charge in [-0.25, -0.2) is 0 Å². The monoisotopic (exact) mass is 497 g/mol. The molecule has 0 spiro atoms. The molecule has 21 heavy (non-hydrogen) atoms. The predicted molar refractivity (Wildman–Crippen MR) is 93.2 cm³/mol. The average molecular weight is 497 g/mol. The van der Waals surface area contributed by atoms with Crippen LogP contribution < -0.4 is 21.2 Å². The molecule has 0 saturated heterocycles. The Kier molecular flexibility index (Phi) is 4.95. The van der Waals surface area contributed by atoms with Crippen molar-refractivity contribution in [3.8, 4) is 11.1 Å². The molecule has 3 aromatic rings. The van der Waals surface area contributed by atoms with Crippen LogP contribution in [0.5, 0.6) is 0 Å². The molecule has 0 radical (unpaired) electrons. The van der Waals surface area contributed by atoms with Gasteiger partial charge in [0.25, 0.3) is 0 Å². The van der Waals surface area contributed by atoms with Crippen molar-refractivity contribution in [2.24, 2.45) is 0 Å². The number of benzene rings is 3. The van der Waals surface area contributed by atoms with Crippen LogP contribution in [0.25, 0.3) is 11.1 Å². The van der Waals surface area contributed by atoms with Crippen molar-refractivity contribution in [1.82, 2.24) is 0 Å². The van der Waals surface area contributed by atoms with Crippen LogP contribution in [0.1, 0.15) is 5.56 Å². The topological polar surface area (TPSA) is 0 Å². The van der Waals surface area contributed by atoms with Crippen molar-refractivity contribution in [3.05, 3.63) is 89.1 Å². The molecule has 0 saturated carbocycles. The molecule has 0 bridgehead atoms. The van der Waals surface area contributed by atoms with E-state index in [9.17, 15) is 0 Å².